The molecule has 0 aliphatic rings. The lowest BCUT2D eigenvalue weighted by atomic mass is 10.3. The van der Waals surface area contributed by atoms with Gasteiger partial charge in [-0.15, -0.1) is 10.2 Å². The van der Waals surface area contributed by atoms with Crippen LogP contribution in [0, 0.1) is 0 Å². The van der Waals surface area contributed by atoms with Gasteiger partial charge in [0.25, 0.3) is 0 Å². The molecule has 0 spiro atoms. The Kier molecular flexibility index (Phi) is 4.16. The minimum absolute atomic E-state index is 0.589. The zero-order chi connectivity index (χ0) is 20.0. The van der Waals surface area contributed by atoms with Crippen LogP contribution in [0.4, 0.5) is 11.6 Å². The van der Waals surface area contributed by atoms with Crippen molar-refractivity contribution in [1.29, 1.82) is 0 Å². The number of hydrogen-bond donors (Lipinski definition) is 0. The molecule has 0 bridgehead atoms. The molecule has 0 atom stereocenters. The predicted octanol–water partition coefficient (Wildman–Crippen LogP) is 5.56. The van der Waals surface area contributed by atoms with Crippen molar-refractivity contribution in [2.45, 2.75) is 33.2 Å². The highest BCUT2D eigenvalue weighted by atomic mass is 15.3. The van der Waals surface area contributed by atoms with Crippen molar-refractivity contribution in [2.75, 3.05) is 0 Å². The van der Waals surface area contributed by atoms with Crippen LogP contribution in [0.5, 0.6) is 0 Å². The summed E-state index contributed by atoms with van der Waals surface area (Å²) in [5, 5.41) is 14.0. The summed E-state index contributed by atoms with van der Waals surface area (Å²) in [5.41, 5.74) is 6.97. The molecule has 0 aliphatic carbocycles. The molecule has 7 nitrogen and oxygen atoms in total. The Bertz CT molecular complexity index is 1370. The average Bonchev–Trinajstić information content (AvgIpc) is 3.37. The average molecular weight is 385 g/mol. The highest BCUT2D eigenvalue weighted by Crippen LogP contribution is 2.33. The molecule has 29 heavy (non-hydrogen) atoms. The molecule has 0 aliphatic heterocycles. The summed E-state index contributed by atoms with van der Waals surface area (Å²) in [6, 6.07) is 16.4. The lowest BCUT2D eigenvalue weighted by molar-refractivity contribution is 0.716. The first-order valence-electron chi connectivity index (χ1n) is 10.0. The standard InChI is InChI=1S/C22H23N7/c1-4-14-28-18-12-8-9-13-19(18)29-21(28)20(15(5-2)26-29)24-25-22-23-16-10-6-7-11-17(16)27(22)3/h6-13H,4-5,14H2,1-3H3. The third kappa shape index (κ3) is 2.65. The van der Waals surface area contributed by atoms with Crippen LogP contribution >= 0.6 is 0 Å². The first-order chi connectivity index (χ1) is 14.2. The zero-order valence-electron chi connectivity index (χ0n) is 16.9. The number of nitrogens with zero attached hydrogens (tertiary/aromatic N) is 7. The van der Waals surface area contributed by atoms with Crippen molar-refractivity contribution in [1.82, 2.24) is 23.7 Å². The van der Waals surface area contributed by atoms with E-state index in [1.165, 1.54) is 5.52 Å². The summed E-state index contributed by atoms with van der Waals surface area (Å²) in [6.45, 7) is 5.19. The van der Waals surface area contributed by atoms with Crippen molar-refractivity contribution in [3.63, 3.8) is 0 Å². The molecule has 0 fully saturated rings. The molecule has 7 heteroatoms. The quantitative estimate of drug-likeness (QED) is 0.372. The van der Waals surface area contributed by atoms with E-state index >= 15 is 0 Å². The third-order valence-electron chi connectivity index (χ3n) is 5.35. The number of rotatable bonds is 5. The Morgan fingerprint density at radius 2 is 1.62 bits per heavy atom. The topological polar surface area (TPSA) is 64.8 Å². The zero-order valence-corrected chi connectivity index (χ0v) is 16.9. The lowest BCUT2D eigenvalue weighted by Gasteiger charge is -2.04. The summed E-state index contributed by atoms with van der Waals surface area (Å²) in [5.74, 6) is 0.589. The van der Waals surface area contributed by atoms with Gasteiger partial charge in [0.05, 0.1) is 27.8 Å². The minimum atomic E-state index is 0.589. The van der Waals surface area contributed by atoms with E-state index in [0.717, 1.165) is 53.0 Å². The second-order valence-corrected chi connectivity index (χ2v) is 7.18. The van der Waals surface area contributed by atoms with Crippen LogP contribution in [-0.4, -0.2) is 23.7 Å². The third-order valence-corrected chi connectivity index (χ3v) is 5.35. The Hall–Kier alpha value is -3.48. The highest BCUT2D eigenvalue weighted by Gasteiger charge is 2.20. The smallest absolute Gasteiger partial charge is 0.250 e. The minimum Gasteiger partial charge on any atom is -0.323 e. The van der Waals surface area contributed by atoms with Gasteiger partial charge in [-0.3, -0.25) is 0 Å². The number of fused-ring (bicyclic) bond motifs is 4. The Morgan fingerprint density at radius 3 is 2.34 bits per heavy atom. The second-order valence-electron chi connectivity index (χ2n) is 7.18. The van der Waals surface area contributed by atoms with Crippen molar-refractivity contribution >= 4 is 39.3 Å². The van der Waals surface area contributed by atoms with Crippen molar-refractivity contribution in [3.05, 3.63) is 54.2 Å². The van der Waals surface area contributed by atoms with Crippen LogP contribution in [-0.2, 0) is 20.0 Å². The number of aryl methyl sites for hydroxylation is 3. The van der Waals surface area contributed by atoms with Gasteiger partial charge in [0.2, 0.25) is 5.95 Å². The maximum absolute atomic E-state index is 4.85. The Labute approximate surface area is 168 Å². The SMILES string of the molecule is CCCn1c2ccccc2n2nc(CC)c(N=Nc3nc4ccccc4n3C)c12. The van der Waals surface area contributed by atoms with E-state index in [9.17, 15) is 0 Å². The van der Waals surface area contributed by atoms with Gasteiger partial charge in [0, 0.05) is 13.6 Å². The second kappa shape index (κ2) is 6.84. The summed E-state index contributed by atoms with van der Waals surface area (Å²) >= 11 is 0. The van der Waals surface area contributed by atoms with Crippen LogP contribution in [0.25, 0.3) is 27.7 Å². The van der Waals surface area contributed by atoms with Gasteiger partial charge in [-0.25, -0.2) is 9.50 Å². The molecule has 5 rings (SSSR count). The number of azo groups is 1. The molecule has 0 amide bonds. The fourth-order valence-electron chi connectivity index (χ4n) is 3.95. The van der Waals surface area contributed by atoms with E-state index in [1.807, 2.05) is 46.5 Å². The van der Waals surface area contributed by atoms with Gasteiger partial charge in [-0.1, -0.05) is 38.1 Å². The number of aromatic nitrogens is 5. The van der Waals surface area contributed by atoms with E-state index in [0.29, 0.717) is 5.95 Å². The van der Waals surface area contributed by atoms with Gasteiger partial charge >= 0.3 is 0 Å². The summed E-state index contributed by atoms with van der Waals surface area (Å²) in [6.07, 6.45) is 1.82. The molecule has 0 saturated carbocycles. The molecular formula is C22H23N7. The van der Waals surface area contributed by atoms with Gasteiger partial charge in [0.15, 0.2) is 11.3 Å². The van der Waals surface area contributed by atoms with E-state index in [1.54, 1.807) is 0 Å². The molecule has 3 aromatic heterocycles. The van der Waals surface area contributed by atoms with Crippen LogP contribution in [0.2, 0.25) is 0 Å². The number of hydrogen-bond acceptors (Lipinski definition) is 4. The first-order valence-corrected chi connectivity index (χ1v) is 10.0. The predicted molar refractivity (Wildman–Crippen MR) is 115 cm³/mol. The summed E-state index contributed by atoms with van der Waals surface area (Å²) < 4.78 is 6.27. The van der Waals surface area contributed by atoms with E-state index in [2.05, 4.69) is 51.8 Å². The molecule has 146 valence electrons. The molecule has 3 heterocycles. The van der Waals surface area contributed by atoms with E-state index < -0.39 is 0 Å². The first kappa shape index (κ1) is 17.6. The normalized spacial score (nSPS) is 12.2. The molecule has 0 saturated heterocycles. The highest BCUT2D eigenvalue weighted by molar-refractivity contribution is 5.86. The molecule has 0 unspecified atom stereocenters. The van der Waals surface area contributed by atoms with Crippen LogP contribution < -0.4 is 0 Å². The number of benzene rings is 2. The van der Waals surface area contributed by atoms with Crippen LogP contribution in [0.3, 0.4) is 0 Å². The lowest BCUT2D eigenvalue weighted by Crippen LogP contribution is -1.96. The van der Waals surface area contributed by atoms with Crippen LogP contribution in [0.15, 0.2) is 58.8 Å². The van der Waals surface area contributed by atoms with Crippen molar-refractivity contribution in [3.8, 4) is 0 Å². The molecular weight excluding hydrogens is 362 g/mol. The summed E-state index contributed by atoms with van der Waals surface area (Å²) in [7, 11) is 1.96. The number of para-hydroxylation sites is 4. The van der Waals surface area contributed by atoms with E-state index in [4.69, 9.17) is 5.10 Å². The molecule has 5 aromatic rings. The van der Waals surface area contributed by atoms with Gasteiger partial charge in [-0.05, 0) is 37.1 Å². The van der Waals surface area contributed by atoms with Crippen molar-refractivity contribution in [2.24, 2.45) is 17.3 Å². The number of imidazole rings is 2. The fourth-order valence-corrected chi connectivity index (χ4v) is 3.95. The monoisotopic (exact) mass is 385 g/mol. The largest absolute Gasteiger partial charge is 0.323 e. The van der Waals surface area contributed by atoms with Gasteiger partial charge in [-0.2, -0.15) is 5.10 Å². The maximum atomic E-state index is 4.85. The fraction of sp³-hybridized carbons (Fsp3) is 0.273. The Morgan fingerprint density at radius 1 is 0.897 bits per heavy atom. The van der Waals surface area contributed by atoms with E-state index in [-0.39, 0.29) is 0 Å². The van der Waals surface area contributed by atoms with Crippen LogP contribution in [0.1, 0.15) is 26.0 Å². The maximum Gasteiger partial charge on any atom is 0.250 e. The molecule has 0 N–H and O–H groups in total. The van der Waals surface area contributed by atoms with Gasteiger partial charge in [0.1, 0.15) is 0 Å². The van der Waals surface area contributed by atoms with Crippen molar-refractivity contribution < 1.29 is 0 Å². The molecule has 2 aromatic carbocycles. The molecule has 0 radical (unpaired) electrons. The van der Waals surface area contributed by atoms with Gasteiger partial charge < -0.3 is 9.13 Å². The Balaban J connectivity index is 1.73. The summed E-state index contributed by atoms with van der Waals surface area (Å²) in [4.78, 5) is 4.62.